The third-order valence-electron chi connectivity index (χ3n) is 3.59. The van der Waals surface area contributed by atoms with Gasteiger partial charge in [0, 0.05) is 17.7 Å². The van der Waals surface area contributed by atoms with Crippen LogP contribution in [0.4, 0.5) is 4.39 Å². The molecule has 3 rings (SSSR count). The Balaban J connectivity index is 1.83. The van der Waals surface area contributed by atoms with Crippen molar-refractivity contribution in [3.8, 4) is 0 Å². The van der Waals surface area contributed by atoms with Gasteiger partial charge in [0.15, 0.2) is 0 Å². The van der Waals surface area contributed by atoms with Crippen LogP contribution in [0.3, 0.4) is 0 Å². The molecule has 0 N–H and O–H groups in total. The number of halogens is 1. The smallest absolute Gasteiger partial charge is 0.295 e. The maximum Gasteiger partial charge on any atom is 0.295 e. The van der Waals surface area contributed by atoms with E-state index in [0.29, 0.717) is 17.7 Å². The van der Waals surface area contributed by atoms with Crippen molar-refractivity contribution in [2.45, 2.75) is 6.54 Å². The molecule has 22 heavy (non-hydrogen) atoms. The first-order valence-corrected chi connectivity index (χ1v) is 6.98. The Morgan fingerprint density at radius 1 is 1.00 bits per heavy atom. The van der Waals surface area contributed by atoms with Crippen LogP contribution in [-0.2, 0) is 16.1 Å². The average Bonchev–Trinajstić information content (AvgIpc) is 2.79. The molecule has 0 bridgehead atoms. The minimum atomic E-state index is -0.556. The summed E-state index contributed by atoms with van der Waals surface area (Å²) in [5.74, 6) is -1.50. The summed E-state index contributed by atoms with van der Waals surface area (Å²) in [5.41, 5.74) is 1.60. The third kappa shape index (κ3) is 2.81. The molecule has 0 saturated carbocycles. The molecule has 110 valence electrons. The molecule has 4 heteroatoms. The predicted octanol–water partition coefficient (Wildman–Crippen LogP) is 2.82. The fourth-order valence-electron chi connectivity index (χ4n) is 2.45. The molecule has 2 aromatic carbocycles. The van der Waals surface area contributed by atoms with Crippen molar-refractivity contribution in [2.75, 3.05) is 6.54 Å². The van der Waals surface area contributed by atoms with Crippen molar-refractivity contribution in [1.29, 1.82) is 0 Å². The maximum absolute atomic E-state index is 13.7. The first kappa shape index (κ1) is 14.2. The highest BCUT2D eigenvalue weighted by molar-refractivity contribution is 6.45. The molecule has 0 radical (unpaired) electrons. The number of nitrogens with zero attached hydrogens (tertiary/aromatic N) is 1. The zero-order valence-corrected chi connectivity index (χ0v) is 11.8. The van der Waals surface area contributed by atoms with E-state index in [0.717, 1.165) is 5.56 Å². The van der Waals surface area contributed by atoms with Crippen molar-refractivity contribution >= 4 is 17.8 Å². The monoisotopic (exact) mass is 295 g/mol. The van der Waals surface area contributed by atoms with Crippen molar-refractivity contribution in [1.82, 2.24) is 4.90 Å². The fourth-order valence-corrected chi connectivity index (χ4v) is 2.45. The molecule has 0 aromatic heterocycles. The Hall–Kier alpha value is -2.75. The van der Waals surface area contributed by atoms with Gasteiger partial charge in [-0.15, -0.1) is 0 Å². The minimum absolute atomic E-state index is 0.209. The Morgan fingerprint density at radius 3 is 2.41 bits per heavy atom. The van der Waals surface area contributed by atoms with Crippen molar-refractivity contribution < 1.29 is 14.0 Å². The van der Waals surface area contributed by atoms with E-state index in [1.54, 1.807) is 18.2 Å². The summed E-state index contributed by atoms with van der Waals surface area (Å²) in [5, 5.41) is 0. The Morgan fingerprint density at radius 2 is 1.68 bits per heavy atom. The number of likely N-dealkylation sites (tertiary alicyclic amines) is 1. The second-order valence-corrected chi connectivity index (χ2v) is 5.17. The van der Waals surface area contributed by atoms with Gasteiger partial charge in [-0.05, 0) is 17.7 Å². The van der Waals surface area contributed by atoms with Crippen LogP contribution in [0.25, 0.3) is 6.08 Å². The summed E-state index contributed by atoms with van der Waals surface area (Å²) in [7, 11) is 0. The molecule has 1 aliphatic rings. The van der Waals surface area contributed by atoms with Gasteiger partial charge in [0.2, 0.25) is 5.78 Å². The van der Waals surface area contributed by atoms with Gasteiger partial charge >= 0.3 is 0 Å². The van der Waals surface area contributed by atoms with Crippen LogP contribution >= 0.6 is 0 Å². The topological polar surface area (TPSA) is 37.4 Å². The highest BCUT2D eigenvalue weighted by Gasteiger charge is 2.33. The van der Waals surface area contributed by atoms with E-state index >= 15 is 0 Å². The van der Waals surface area contributed by atoms with Crippen LogP contribution in [-0.4, -0.2) is 23.1 Å². The van der Waals surface area contributed by atoms with Gasteiger partial charge in [-0.2, -0.15) is 0 Å². The Kier molecular flexibility index (Phi) is 3.83. The number of hydrogen-bond donors (Lipinski definition) is 0. The van der Waals surface area contributed by atoms with Gasteiger partial charge in [-0.1, -0.05) is 48.5 Å². The van der Waals surface area contributed by atoms with Crippen LogP contribution in [0.2, 0.25) is 0 Å². The van der Waals surface area contributed by atoms with Crippen LogP contribution in [0, 0.1) is 5.82 Å². The fraction of sp³-hybridized carbons (Fsp3) is 0.111. The zero-order chi connectivity index (χ0) is 15.5. The molecule has 2 aromatic rings. The van der Waals surface area contributed by atoms with Crippen LogP contribution in [0.5, 0.6) is 0 Å². The highest BCUT2D eigenvalue weighted by Crippen LogP contribution is 2.20. The number of rotatable bonds is 3. The maximum atomic E-state index is 13.7. The van der Waals surface area contributed by atoms with E-state index < -0.39 is 17.5 Å². The van der Waals surface area contributed by atoms with E-state index in [-0.39, 0.29) is 6.54 Å². The average molecular weight is 295 g/mol. The molecule has 0 aliphatic carbocycles. The zero-order valence-electron chi connectivity index (χ0n) is 11.8. The summed E-state index contributed by atoms with van der Waals surface area (Å²) in [6.45, 7) is 0.584. The Labute approximate surface area is 127 Å². The van der Waals surface area contributed by atoms with Gasteiger partial charge < -0.3 is 4.90 Å². The lowest BCUT2D eigenvalue weighted by atomic mass is 10.1. The number of ketones is 1. The van der Waals surface area contributed by atoms with Gasteiger partial charge in [0.05, 0.1) is 6.54 Å². The van der Waals surface area contributed by atoms with E-state index in [1.165, 1.54) is 17.0 Å². The molecule has 1 saturated heterocycles. The number of carbonyl (C=O) groups excluding carboxylic acids is 2. The standard InChI is InChI=1S/C18H14FNO2/c19-16-9-5-4-8-14(16)10-15-12-20(18(22)17(15)21)11-13-6-2-1-3-7-13/h1-10H,11-12H2/b15-10+. The van der Waals surface area contributed by atoms with Gasteiger partial charge in [0.25, 0.3) is 5.91 Å². The lowest BCUT2D eigenvalue weighted by molar-refractivity contribution is -0.139. The van der Waals surface area contributed by atoms with E-state index in [4.69, 9.17) is 0 Å². The summed E-state index contributed by atoms with van der Waals surface area (Å²) in [4.78, 5) is 25.6. The van der Waals surface area contributed by atoms with Crippen LogP contribution in [0.15, 0.2) is 60.2 Å². The predicted molar refractivity (Wildman–Crippen MR) is 81.2 cm³/mol. The van der Waals surface area contributed by atoms with E-state index in [9.17, 15) is 14.0 Å². The summed E-state index contributed by atoms with van der Waals surface area (Å²) >= 11 is 0. The Bertz CT molecular complexity index is 753. The van der Waals surface area contributed by atoms with E-state index in [1.807, 2.05) is 30.3 Å². The van der Waals surface area contributed by atoms with Gasteiger partial charge in [0.1, 0.15) is 5.82 Å². The van der Waals surface area contributed by atoms with Crippen molar-refractivity contribution in [2.24, 2.45) is 0 Å². The van der Waals surface area contributed by atoms with Crippen molar-refractivity contribution in [3.05, 3.63) is 77.1 Å². The van der Waals surface area contributed by atoms with Gasteiger partial charge in [-0.3, -0.25) is 9.59 Å². The number of benzene rings is 2. The molecule has 3 nitrogen and oxygen atoms in total. The second-order valence-electron chi connectivity index (χ2n) is 5.17. The molecular formula is C18H14FNO2. The lowest BCUT2D eigenvalue weighted by Crippen LogP contribution is -2.26. The SMILES string of the molecule is O=C1C(=O)N(Cc2ccccc2)C/C1=C\c1ccccc1F. The first-order valence-electron chi connectivity index (χ1n) is 6.98. The lowest BCUT2D eigenvalue weighted by Gasteiger charge is -2.13. The van der Waals surface area contributed by atoms with Gasteiger partial charge in [-0.25, -0.2) is 4.39 Å². The molecule has 0 unspecified atom stereocenters. The number of carbonyl (C=O) groups is 2. The molecule has 1 amide bonds. The molecule has 1 aliphatic heterocycles. The molecule has 0 spiro atoms. The summed E-state index contributed by atoms with van der Waals surface area (Å²) in [6.07, 6.45) is 1.46. The quantitative estimate of drug-likeness (QED) is 0.645. The summed E-state index contributed by atoms with van der Waals surface area (Å²) < 4.78 is 13.7. The molecule has 0 atom stereocenters. The molecule has 1 fully saturated rings. The largest absolute Gasteiger partial charge is 0.327 e. The van der Waals surface area contributed by atoms with Crippen LogP contribution < -0.4 is 0 Å². The van der Waals surface area contributed by atoms with E-state index in [2.05, 4.69) is 0 Å². The van der Waals surface area contributed by atoms with Crippen molar-refractivity contribution in [3.63, 3.8) is 0 Å². The number of hydrogen-bond acceptors (Lipinski definition) is 2. The number of amides is 1. The third-order valence-corrected chi connectivity index (χ3v) is 3.59. The first-order chi connectivity index (χ1) is 10.6. The second kappa shape index (κ2) is 5.93. The molecular weight excluding hydrogens is 281 g/mol. The van der Waals surface area contributed by atoms with Crippen LogP contribution in [0.1, 0.15) is 11.1 Å². The highest BCUT2D eigenvalue weighted by atomic mass is 19.1. The normalized spacial score (nSPS) is 16.6. The minimum Gasteiger partial charge on any atom is -0.327 e. The molecule has 1 heterocycles. The summed E-state index contributed by atoms with van der Waals surface area (Å²) in [6, 6.07) is 15.6. The number of Topliss-reactive ketones (excluding diaryl/α,β-unsaturated/α-hetero) is 1.